The second kappa shape index (κ2) is 12.0. The molecule has 2 heterocycles. The average Bonchev–Trinajstić information content (AvgIpc) is 3.00. The molecule has 2 aliphatic rings. The lowest BCUT2D eigenvalue weighted by molar-refractivity contribution is 0.0376. The number of rotatable bonds is 8. The predicted octanol–water partition coefficient (Wildman–Crippen LogP) is 2.19. The summed E-state index contributed by atoms with van der Waals surface area (Å²) in [5.74, 6) is 0.538. The average molecular weight is 388 g/mol. The monoisotopic (exact) mass is 387 g/mol. The van der Waals surface area contributed by atoms with E-state index in [1.54, 1.807) is 0 Å². The van der Waals surface area contributed by atoms with Gasteiger partial charge in [0.05, 0.1) is 19.8 Å². The zero-order valence-electron chi connectivity index (χ0n) is 17.2. The van der Waals surface area contributed by atoms with Crippen molar-refractivity contribution in [2.75, 3.05) is 52.5 Å². The summed E-state index contributed by atoms with van der Waals surface area (Å²) in [4.78, 5) is 9.49. The first-order valence-corrected chi connectivity index (χ1v) is 10.9. The number of morpholine rings is 1. The molecule has 28 heavy (non-hydrogen) atoms. The molecule has 0 radical (unpaired) electrons. The molecule has 3 rings (SSSR count). The molecule has 6 nitrogen and oxygen atoms in total. The zero-order valence-corrected chi connectivity index (χ0v) is 17.2. The highest BCUT2D eigenvalue weighted by atomic mass is 16.5. The minimum Gasteiger partial charge on any atom is -0.379 e. The van der Waals surface area contributed by atoms with Crippen LogP contribution in [0.1, 0.15) is 43.2 Å². The summed E-state index contributed by atoms with van der Waals surface area (Å²) in [5.41, 5.74) is 8.61. The van der Waals surface area contributed by atoms with Crippen LogP contribution in [0.4, 0.5) is 0 Å². The Balaban J connectivity index is 1.33. The number of likely N-dealkylation sites (tertiary alicyclic amines) is 1. The molecule has 0 aliphatic carbocycles. The Labute approximate surface area is 170 Å². The van der Waals surface area contributed by atoms with E-state index in [0.717, 1.165) is 52.4 Å². The summed E-state index contributed by atoms with van der Waals surface area (Å²) in [7, 11) is 0. The maximum absolute atomic E-state index is 6.01. The van der Waals surface area contributed by atoms with Crippen molar-refractivity contribution in [2.24, 2.45) is 10.7 Å². The molecule has 1 aromatic carbocycles. The maximum atomic E-state index is 6.01. The second-order valence-electron chi connectivity index (χ2n) is 7.94. The van der Waals surface area contributed by atoms with Crippen LogP contribution >= 0.6 is 0 Å². The van der Waals surface area contributed by atoms with Gasteiger partial charge in [0, 0.05) is 26.2 Å². The molecule has 2 saturated heterocycles. The van der Waals surface area contributed by atoms with E-state index >= 15 is 0 Å². The van der Waals surface area contributed by atoms with Crippen LogP contribution in [0.25, 0.3) is 0 Å². The van der Waals surface area contributed by atoms with E-state index in [1.165, 1.54) is 49.9 Å². The Morgan fingerprint density at radius 3 is 2.32 bits per heavy atom. The quantitative estimate of drug-likeness (QED) is 0.407. The summed E-state index contributed by atoms with van der Waals surface area (Å²) in [6.07, 6.45) is 6.52. The van der Waals surface area contributed by atoms with Crippen molar-refractivity contribution >= 4 is 5.96 Å². The molecule has 0 bridgehead atoms. The van der Waals surface area contributed by atoms with Crippen molar-refractivity contribution in [3.8, 4) is 0 Å². The molecule has 2 fully saturated rings. The summed E-state index contributed by atoms with van der Waals surface area (Å²) < 4.78 is 5.37. The highest BCUT2D eigenvalue weighted by Gasteiger charge is 2.10. The lowest BCUT2D eigenvalue weighted by atomic mass is 10.1. The maximum Gasteiger partial charge on any atom is 0.188 e. The Morgan fingerprint density at radius 1 is 0.929 bits per heavy atom. The number of hydrogen-bond acceptors (Lipinski definition) is 4. The van der Waals surface area contributed by atoms with Crippen molar-refractivity contribution in [1.82, 2.24) is 15.1 Å². The number of benzene rings is 1. The molecule has 0 spiro atoms. The largest absolute Gasteiger partial charge is 0.379 e. The molecule has 156 valence electrons. The molecule has 0 amide bonds. The summed E-state index contributed by atoms with van der Waals surface area (Å²) in [5, 5.41) is 3.23. The van der Waals surface area contributed by atoms with Crippen LogP contribution in [-0.2, 0) is 17.8 Å². The molecular weight excluding hydrogens is 350 g/mol. The van der Waals surface area contributed by atoms with Crippen molar-refractivity contribution in [1.29, 1.82) is 0 Å². The first-order valence-electron chi connectivity index (χ1n) is 10.9. The number of nitrogens with one attached hydrogen (secondary N) is 1. The van der Waals surface area contributed by atoms with Crippen molar-refractivity contribution in [3.63, 3.8) is 0 Å². The number of guanidine groups is 1. The SMILES string of the molecule is NC(=NCc1ccc(CN2CCCCCC2)cc1)NCCCN1CCOCC1. The van der Waals surface area contributed by atoms with E-state index in [4.69, 9.17) is 10.5 Å². The molecule has 2 aliphatic heterocycles. The smallest absolute Gasteiger partial charge is 0.188 e. The van der Waals surface area contributed by atoms with Crippen LogP contribution in [0.3, 0.4) is 0 Å². The summed E-state index contributed by atoms with van der Waals surface area (Å²) in [6.45, 7) is 9.90. The van der Waals surface area contributed by atoms with Gasteiger partial charge in [0.1, 0.15) is 0 Å². The molecule has 1 aromatic rings. The molecule has 0 atom stereocenters. The number of ether oxygens (including phenoxy) is 1. The van der Waals surface area contributed by atoms with Crippen molar-refractivity contribution in [2.45, 2.75) is 45.2 Å². The van der Waals surface area contributed by atoms with Gasteiger partial charge >= 0.3 is 0 Å². The Kier molecular flexibility index (Phi) is 9.07. The summed E-state index contributed by atoms with van der Waals surface area (Å²) in [6, 6.07) is 8.84. The van der Waals surface area contributed by atoms with Crippen LogP contribution in [0, 0.1) is 0 Å². The molecule has 0 aromatic heterocycles. The molecule has 3 N–H and O–H groups in total. The van der Waals surface area contributed by atoms with Gasteiger partial charge in [-0.1, -0.05) is 37.1 Å². The topological polar surface area (TPSA) is 66.1 Å². The van der Waals surface area contributed by atoms with E-state index in [9.17, 15) is 0 Å². The number of aliphatic imine (C=N–C) groups is 1. The van der Waals surface area contributed by atoms with Gasteiger partial charge in [-0.25, -0.2) is 4.99 Å². The minimum absolute atomic E-state index is 0.538. The van der Waals surface area contributed by atoms with E-state index < -0.39 is 0 Å². The van der Waals surface area contributed by atoms with E-state index in [0.29, 0.717) is 12.5 Å². The minimum atomic E-state index is 0.538. The van der Waals surface area contributed by atoms with Crippen LogP contribution in [0.5, 0.6) is 0 Å². The normalized spacial score (nSPS) is 20.1. The fraction of sp³-hybridized carbons (Fsp3) is 0.682. The van der Waals surface area contributed by atoms with Gasteiger partial charge in [-0.05, 0) is 50.0 Å². The lowest BCUT2D eigenvalue weighted by Gasteiger charge is -2.26. The Hall–Kier alpha value is -1.63. The lowest BCUT2D eigenvalue weighted by Crippen LogP contribution is -2.39. The van der Waals surface area contributed by atoms with Crippen LogP contribution in [0.15, 0.2) is 29.3 Å². The third-order valence-electron chi connectivity index (χ3n) is 5.62. The fourth-order valence-electron chi connectivity index (χ4n) is 3.88. The molecular formula is C22H37N5O. The second-order valence-corrected chi connectivity index (χ2v) is 7.94. The number of nitrogens with two attached hydrogens (primary N) is 1. The predicted molar refractivity (Wildman–Crippen MR) is 115 cm³/mol. The van der Waals surface area contributed by atoms with Gasteiger partial charge in [0.2, 0.25) is 0 Å². The standard InChI is InChI=1S/C22H37N5O/c23-22(24-10-5-13-26-14-16-28-17-15-26)25-18-20-6-8-21(9-7-20)19-27-11-3-1-2-4-12-27/h6-9H,1-5,10-19H2,(H3,23,24,25). The first-order chi connectivity index (χ1) is 13.8. The highest BCUT2D eigenvalue weighted by molar-refractivity contribution is 5.77. The fourth-order valence-corrected chi connectivity index (χ4v) is 3.88. The number of hydrogen-bond donors (Lipinski definition) is 2. The van der Waals surface area contributed by atoms with Crippen LogP contribution in [0.2, 0.25) is 0 Å². The van der Waals surface area contributed by atoms with Crippen molar-refractivity contribution in [3.05, 3.63) is 35.4 Å². The Bertz CT molecular complexity index is 575. The van der Waals surface area contributed by atoms with E-state index in [-0.39, 0.29) is 0 Å². The molecule has 6 heteroatoms. The first kappa shape index (κ1) is 21.1. The van der Waals surface area contributed by atoms with E-state index in [2.05, 4.69) is 44.4 Å². The van der Waals surface area contributed by atoms with Gasteiger partial charge in [0.25, 0.3) is 0 Å². The van der Waals surface area contributed by atoms with Crippen LogP contribution < -0.4 is 11.1 Å². The third-order valence-corrected chi connectivity index (χ3v) is 5.62. The van der Waals surface area contributed by atoms with Gasteiger partial charge < -0.3 is 15.8 Å². The highest BCUT2D eigenvalue weighted by Crippen LogP contribution is 2.14. The van der Waals surface area contributed by atoms with Crippen molar-refractivity contribution < 1.29 is 4.74 Å². The number of nitrogens with zero attached hydrogens (tertiary/aromatic N) is 3. The Morgan fingerprint density at radius 2 is 1.61 bits per heavy atom. The van der Waals surface area contributed by atoms with Gasteiger partial charge in [-0.15, -0.1) is 0 Å². The van der Waals surface area contributed by atoms with Crippen LogP contribution in [-0.4, -0.2) is 68.2 Å². The summed E-state index contributed by atoms with van der Waals surface area (Å²) >= 11 is 0. The van der Waals surface area contributed by atoms with E-state index in [1.807, 2.05) is 0 Å². The van der Waals surface area contributed by atoms with Gasteiger partial charge in [-0.2, -0.15) is 0 Å². The molecule has 0 saturated carbocycles. The third kappa shape index (κ3) is 7.78. The van der Waals surface area contributed by atoms with Gasteiger partial charge in [0.15, 0.2) is 5.96 Å². The van der Waals surface area contributed by atoms with Gasteiger partial charge in [-0.3, -0.25) is 9.80 Å². The zero-order chi connectivity index (χ0) is 19.4. The molecule has 0 unspecified atom stereocenters.